The number of aromatic nitrogens is 1. The first-order valence-corrected chi connectivity index (χ1v) is 24.4. The van der Waals surface area contributed by atoms with E-state index in [0.717, 1.165) is 72.8 Å². The fourth-order valence-corrected chi connectivity index (χ4v) is 12.2. The highest BCUT2D eigenvalue weighted by atomic mass is 16.3. The van der Waals surface area contributed by atoms with Gasteiger partial charge in [-0.05, 0) is 136 Å². The van der Waals surface area contributed by atoms with Crippen LogP contribution >= 0.6 is 0 Å². The lowest BCUT2D eigenvalue weighted by atomic mass is 9.82. The lowest BCUT2D eigenvalue weighted by molar-refractivity contribution is 0.660. The number of nitrogens with zero attached hydrogens (tertiary/aromatic N) is 3. The number of para-hydroxylation sites is 4. The number of hydrogen-bond donors (Lipinski definition) is 0. The summed E-state index contributed by atoms with van der Waals surface area (Å²) >= 11 is 0. The van der Waals surface area contributed by atoms with Crippen LogP contribution in [0.15, 0.2) is 229 Å². The van der Waals surface area contributed by atoms with Crippen molar-refractivity contribution in [1.29, 1.82) is 0 Å². The molecule has 0 N–H and O–H groups in total. The van der Waals surface area contributed by atoms with Crippen molar-refractivity contribution in [2.24, 2.45) is 0 Å². The molecular formula is C66H49N3O. The second-order valence-electron chi connectivity index (χ2n) is 20.1. The molecular weight excluding hydrogens is 851 g/mol. The van der Waals surface area contributed by atoms with Crippen molar-refractivity contribution in [2.45, 2.75) is 38.5 Å². The van der Waals surface area contributed by atoms with Gasteiger partial charge < -0.3 is 18.8 Å². The molecule has 2 aliphatic rings. The average Bonchev–Trinajstić information content (AvgIpc) is 4.08. The highest BCUT2D eigenvalue weighted by molar-refractivity contribution is 6.18. The Balaban J connectivity index is 1.09. The van der Waals surface area contributed by atoms with Crippen LogP contribution in [0.4, 0.5) is 34.1 Å². The molecule has 0 amide bonds. The van der Waals surface area contributed by atoms with Crippen LogP contribution in [0.1, 0.15) is 49.9 Å². The second-order valence-corrected chi connectivity index (χ2v) is 20.1. The van der Waals surface area contributed by atoms with Gasteiger partial charge in [0, 0.05) is 60.8 Å². The normalized spacial score (nSPS) is 13.9. The fourth-order valence-electron chi connectivity index (χ4n) is 12.2. The van der Waals surface area contributed by atoms with Crippen LogP contribution in [0.5, 0.6) is 0 Å². The van der Waals surface area contributed by atoms with Crippen LogP contribution < -0.4 is 9.80 Å². The summed E-state index contributed by atoms with van der Waals surface area (Å²) in [4.78, 5) is 4.96. The molecule has 0 saturated carbocycles. The molecule has 10 aromatic carbocycles. The van der Waals surface area contributed by atoms with Crippen molar-refractivity contribution in [1.82, 2.24) is 4.57 Å². The summed E-state index contributed by atoms with van der Waals surface area (Å²) < 4.78 is 8.88. The van der Waals surface area contributed by atoms with Crippen molar-refractivity contribution in [2.75, 3.05) is 9.80 Å². The predicted molar refractivity (Wildman–Crippen MR) is 293 cm³/mol. The lowest BCUT2D eigenvalue weighted by Gasteiger charge is -2.32. The van der Waals surface area contributed by atoms with Crippen LogP contribution in [0.2, 0.25) is 0 Å². The van der Waals surface area contributed by atoms with Gasteiger partial charge in [0.1, 0.15) is 11.2 Å². The first kappa shape index (κ1) is 40.5. The Labute approximate surface area is 407 Å². The summed E-state index contributed by atoms with van der Waals surface area (Å²) in [5, 5.41) is 4.54. The topological polar surface area (TPSA) is 24.6 Å². The van der Waals surface area contributed by atoms with Gasteiger partial charge in [-0.1, -0.05) is 161 Å². The van der Waals surface area contributed by atoms with Crippen LogP contribution in [0, 0.1) is 0 Å². The Hall–Kier alpha value is -8.60. The molecule has 0 atom stereocenters. The van der Waals surface area contributed by atoms with Gasteiger partial charge in [0.2, 0.25) is 0 Å². The maximum absolute atomic E-state index is 6.41. The molecule has 2 heterocycles. The van der Waals surface area contributed by atoms with E-state index in [0.29, 0.717) is 0 Å². The third-order valence-corrected chi connectivity index (χ3v) is 15.5. The Morgan fingerprint density at radius 3 is 1.51 bits per heavy atom. The molecule has 0 aliphatic heterocycles. The molecule has 0 saturated heterocycles. The summed E-state index contributed by atoms with van der Waals surface area (Å²) in [6, 6.07) is 82.6. The van der Waals surface area contributed by atoms with Crippen molar-refractivity contribution >= 4 is 77.9 Å². The number of hydrogen-bond acceptors (Lipinski definition) is 3. The van der Waals surface area contributed by atoms with E-state index in [2.05, 4.69) is 260 Å². The molecule has 0 spiro atoms. The monoisotopic (exact) mass is 899 g/mol. The number of fused-ring (bicyclic) bond motifs is 12. The molecule has 0 bridgehead atoms. The quantitative estimate of drug-likeness (QED) is 0.159. The molecule has 0 fully saturated rings. The minimum atomic E-state index is -0.182. The van der Waals surface area contributed by atoms with Gasteiger partial charge in [-0.3, -0.25) is 0 Å². The number of rotatable bonds is 7. The lowest BCUT2D eigenvalue weighted by Crippen LogP contribution is -2.18. The van der Waals surface area contributed by atoms with E-state index in [1.165, 1.54) is 55.3 Å². The summed E-state index contributed by atoms with van der Waals surface area (Å²) in [7, 11) is 0. The maximum Gasteiger partial charge on any atom is 0.135 e. The Morgan fingerprint density at radius 1 is 0.343 bits per heavy atom. The van der Waals surface area contributed by atoms with E-state index in [1.807, 2.05) is 6.07 Å². The van der Waals surface area contributed by atoms with Gasteiger partial charge >= 0.3 is 0 Å². The van der Waals surface area contributed by atoms with Crippen molar-refractivity contribution in [3.63, 3.8) is 0 Å². The molecule has 0 unspecified atom stereocenters. The first-order valence-electron chi connectivity index (χ1n) is 24.4. The third-order valence-electron chi connectivity index (χ3n) is 15.5. The van der Waals surface area contributed by atoms with Gasteiger partial charge in [0.15, 0.2) is 0 Å². The third kappa shape index (κ3) is 5.83. The molecule has 2 aromatic heterocycles. The largest absolute Gasteiger partial charge is 0.456 e. The Morgan fingerprint density at radius 2 is 0.857 bits per heavy atom. The van der Waals surface area contributed by atoms with E-state index in [-0.39, 0.29) is 10.8 Å². The second kappa shape index (κ2) is 14.9. The summed E-state index contributed by atoms with van der Waals surface area (Å²) in [5.74, 6) is 0. The molecule has 4 nitrogen and oxygen atoms in total. The van der Waals surface area contributed by atoms with Gasteiger partial charge in [-0.25, -0.2) is 0 Å². The van der Waals surface area contributed by atoms with Crippen molar-refractivity contribution in [3.8, 4) is 27.9 Å². The minimum absolute atomic E-state index is 0.174. The number of anilines is 6. The van der Waals surface area contributed by atoms with E-state index in [9.17, 15) is 0 Å². The summed E-state index contributed by atoms with van der Waals surface area (Å²) in [6.07, 6.45) is 0. The number of benzene rings is 10. The molecule has 4 heteroatoms. The van der Waals surface area contributed by atoms with Crippen LogP contribution in [-0.4, -0.2) is 4.57 Å². The van der Waals surface area contributed by atoms with Gasteiger partial charge in [0.05, 0.1) is 22.4 Å². The Kier molecular flexibility index (Phi) is 8.64. The van der Waals surface area contributed by atoms with E-state index >= 15 is 0 Å². The molecule has 0 radical (unpaired) electrons. The van der Waals surface area contributed by atoms with E-state index in [1.54, 1.807) is 0 Å². The van der Waals surface area contributed by atoms with E-state index < -0.39 is 0 Å². The Bertz CT molecular complexity index is 4080. The molecule has 14 rings (SSSR count). The van der Waals surface area contributed by atoms with Gasteiger partial charge in [0.25, 0.3) is 0 Å². The highest BCUT2D eigenvalue weighted by Gasteiger charge is 2.38. The predicted octanol–water partition coefficient (Wildman–Crippen LogP) is 18.2. The average molecular weight is 900 g/mol. The summed E-state index contributed by atoms with van der Waals surface area (Å²) in [5.41, 5.74) is 21.8. The van der Waals surface area contributed by atoms with Crippen LogP contribution in [0.3, 0.4) is 0 Å². The minimum Gasteiger partial charge on any atom is -0.456 e. The van der Waals surface area contributed by atoms with Crippen molar-refractivity contribution < 1.29 is 4.42 Å². The van der Waals surface area contributed by atoms with Crippen molar-refractivity contribution in [3.05, 3.63) is 247 Å². The fraction of sp³-hybridized carbons (Fsp3) is 0.0909. The molecule has 334 valence electrons. The molecule has 70 heavy (non-hydrogen) atoms. The van der Waals surface area contributed by atoms with Gasteiger partial charge in [-0.15, -0.1) is 0 Å². The standard InChI is InChI=1S/C66H49N3O/c1-65(2)55-27-15-11-23-48(55)50-34-31-45(38-57(50)65)67(42-19-7-5-8-20-42)47-40-60(68(43-21-9-6-10-22-43)46-32-35-51-49-24-12-16-28-56(49)66(3,4)58(51)39-46)64-53-26-13-17-29-59(53)69(61(64)41-47)44-33-36-63-54(37-44)52-25-14-18-30-62(52)70-63/h5-41H,1-4H3. The smallest absolute Gasteiger partial charge is 0.135 e. The summed E-state index contributed by atoms with van der Waals surface area (Å²) in [6.45, 7) is 9.47. The highest BCUT2D eigenvalue weighted by Crippen LogP contribution is 2.54. The zero-order chi connectivity index (χ0) is 46.9. The molecule has 12 aromatic rings. The van der Waals surface area contributed by atoms with Crippen LogP contribution in [-0.2, 0) is 10.8 Å². The van der Waals surface area contributed by atoms with Crippen LogP contribution in [0.25, 0.3) is 71.7 Å². The molecule has 2 aliphatic carbocycles. The SMILES string of the molecule is CC1(C)c2ccccc2-c2ccc(N(c3ccccc3)c3cc(N(c4ccccc4)c4ccc5c(c4)C(C)(C)c4ccccc4-5)c4c5ccccc5n(-c5ccc6oc7ccccc7c6c5)c4c3)cc21. The maximum atomic E-state index is 6.41. The zero-order valence-corrected chi connectivity index (χ0v) is 39.6. The first-order chi connectivity index (χ1) is 34.2. The number of furan rings is 1. The van der Waals surface area contributed by atoms with Gasteiger partial charge in [-0.2, -0.15) is 0 Å². The van der Waals surface area contributed by atoms with E-state index in [4.69, 9.17) is 4.42 Å². The zero-order valence-electron chi connectivity index (χ0n) is 39.6.